The molecule has 11 heteroatoms. The molecule has 1 heterocycles. The van der Waals surface area contributed by atoms with Crippen LogP contribution in [0.4, 0.5) is 0 Å². The van der Waals surface area contributed by atoms with E-state index < -0.39 is 47.9 Å². The van der Waals surface area contributed by atoms with Crippen molar-refractivity contribution in [3.8, 4) is 6.07 Å². The van der Waals surface area contributed by atoms with Crippen LogP contribution in [-0.4, -0.2) is 50.6 Å². The average molecular weight is 461 g/mol. The third kappa shape index (κ3) is 5.70. The first-order valence-corrected chi connectivity index (χ1v) is 9.94. The molecule has 0 saturated heterocycles. The lowest BCUT2D eigenvalue weighted by atomic mass is 9.97. The molecule has 1 aromatic heterocycles. The number of amides is 2. The number of nitrogens with zero attached hydrogens (tertiary/aromatic N) is 2. The van der Waals surface area contributed by atoms with E-state index in [-0.39, 0.29) is 5.56 Å². The van der Waals surface area contributed by atoms with Gasteiger partial charge in [-0.15, -0.1) is 0 Å². The fourth-order valence-corrected chi connectivity index (χ4v) is 3.00. The Morgan fingerprint density at radius 3 is 2.26 bits per heavy atom. The molecule has 0 radical (unpaired) electrons. The number of aromatic amines is 1. The summed E-state index contributed by atoms with van der Waals surface area (Å²) in [7, 11) is 0. The summed E-state index contributed by atoms with van der Waals surface area (Å²) >= 11 is 0. The molecule has 3 rings (SSSR count). The third-order valence-electron chi connectivity index (χ3n) is 4.78. The molecule has 2 atom stereocenters. The number of H-pyrrole nitrogens is 1. The number of rotatable bonds is 8. The number of nitriles is 1. The number of aliphatic hydroxyl groups is 1. The number of aliphatic carboxylic acids is 1. The van der Waals surface area contributed by atoms with E-state index >= 15 is 0 Å². The molecular formula is C23H19N5O6. The lowest BCUT2D eigenvalue weighted by molar-refractivity contribution is -0.146. The second kappa shape index (κ2) is 10.7. The van der Waals surface area contributed by atoms with E-state index in [1.165, 1.54) is 0 Å². The van der Waals surface area contributed by atoms with E-state index in [1.807, 2.05) is 12.1 Å². The van der Waals surface area contributed by atoms with Gasteiger partial charge in [-0.1, -0.05) is 42.5 Å². The third-order valence-corrected chi connectivity index (χ3v) is 4.78. The van der Waals surface area contributed by atoms with Crippen LogP contribution in [0.5, 0.6) is 0 Å². The maximum absolute atomic E-state index is 12.9. The fourth-order valence-electron chi connectivity index (χ4n) is 3.00. The molecule has 0 aliphatic rings. The first-order valence-electron chi connectivity index (χ1n) is 9.94. The maximum Gasteiger partial charge on any atom is 0.334 e. The van der Waals surface area contributed by atoms with Gasteiger partial charge in [-0.3, -0.25) is 14.4 Å². The zero-order valence-corrected chi connectivity index (χ0v) is 17.6. The summed E-state index contributed by atoms with van der Waals surface area (Å²) in [6, 6.07) is 17.0. The molecule has 3 aromatic rings. The van der Waals surface area contributed by atoms with Gasteiger partial charge in [0.05, 0.1) is 24.2 Å². The smallest absolute Gasteiger partial charge is 0.334 e. The predicted octanol–water partition coefficient (Wildman–Crippen LogP) is 0.336. The standard InChI is InChI=1S/C23H19N5O6/c24-10-13-6-8-15(9-7-13)18(14-4-2-1-3-5-14)27-20(30)16-11-25-19(28-21(16)31)22(32)26-12-17(29)23(33)34/h1-9,11,17-18,29H,12H2,(H,26,32)(H,27,30)(H,33,34)(H,25,28,31). The quantitative estimate of drug-likeness (QED) is 0.318. The van der Waals surface area contributed by atoms with Gasteiger partial charge >= 0.3 is 5.97 Å². The van der Waals surface area contributed by atoms with Gasteiger partial charge in [0, 0.05) is 6.20 Å². The zero-order chi connectivity index (χ0) is 24.7. The molecule has 11 nitrogen and oxygen atoms in total. The summed E-state index contributed by atoms with van der Waals surface area (Å²) in [5, 5.41) is 31.8. The number of carbonyl (C=O) groups excluding carboxylic acids is 2. The zero-order valence-electron chi connectivity index (χ0n) is 17.6. The van der Waals surface area contributed by atoms with E-state index in [2.05, 4.69) is 20.6 Å². The van der Waals surface area contributed by atoms with Gasteiger partial charge in [-0.2, -0.15) is 5.26 Å². The van der Waals surface area contributed by atoms with E-state index in [0.29, 0.717) is 11.1 Å². The Bertz CT molecular complexity index is 1300. The van der Waals surface area contributed by atoms with E-state index in [4.69, 9.17) is 10.4 Å². The van der Waals surface area contributed by atoms with Crippen LogP contribution in [0.15, 0.2) is 65.6 Å². The Labute approximate surface area is 192 Å². The largest absolute Gasteiger partial charge is 0.479 e. The molecule has 2 aromatic carbocycles. The van der Waals surface area contributed by atoms with Crippen molar-refractivity contribution in [2.75, 3.05) is 6.54 Å². The van der Waals surface area contributed by atoms with Gasteiger partial charge < -0.3 is 25.8 Å². The first kappa shape index (κ1) is 23.8. The Kier molecular flexibility index (Phi) is 7.48. The summed E-state index contributed by atoms with van der Waals surface area (Å²) in [6.07, 6.45) is -0.893. The summed E-state index contributed by atoms with van der Waals surface area (Å²) in [5.41, 5.74) is 0.626. The molecule has 5 N–H and O–H groups in total. The molecule has 0 bridgehead atoms. The van der Waals surface area contributed by atoms with Crippen molar-refractivity contribution in [1.82, 2.24) is 20.6 Å². The van der Waals surface area contributed by atoms with Gasteiger partial charge in [-0.25, -0.2) is 9.78 Å². The Morgan fingerprint density at radius 2 is 1.68 bits per heavy atom. The van der Waals surface area contributed by atoms with Crippen molar-refractivity contribution in [3.05, 3.63) is 99.2 Å². The first-order chi connectivity index (χ1) is 16.3. The highest BCUT2D eigenvalue weighted by Crippen LogP contribution is 2.22. The topological polar surface area (TPSA) is 185 Å². The molecule has 2 amide bonds. The second-order valence-corrected chi connectivity index (χ2v) is 7.09. The van der Waals surface area contributed by atoms with Crippen molar-refractivity contribution < 1.29 is 24.6 Å². The lowest BCUT2D eigenvalue weighted by Gasteiger charge is -2.20. The lowest BCUT2D eigenvalue weighted by Crippen LogP contribution is -2.38. The van der Waals surface area contributed by atoms with Crippen molar-refractivity contribution in [3.63, 3.8) is 0 Å². The number of carboxylic acids is 1. The average Bonchev–Trinajstić information content (AvgIpc) is 2.85. The number of aliphatic hydroxyl groups excluding tert-OH is 1. The molecule has 34 heavy (non-hydrogen) atoms. The number of aromatic nitrogens is 2. The number of nitrogens with one attached hydrogen (secondary N) is 3. The molecule has 172 valence electrons. The van der Waals surface area contributed by atoms with Crippen LogP contribution in [0.25, 0.3) is 0 Å². The van der Waals surface area contributed by atoms with E-state index in [9.17, 15) is 24.3 Å². The molecule has 0 aliphatic heterocycles. The van der Waals surface area contributed by atoms with Gasteiger partial charge in [0.15, 0.2) is 11.9 Å². The van der Waals surface area contributed by atoms with E-state index in [1.54, 1.807) is 48.5 Å². The van der Waals surface area contributed by atoms with Crippen molar-refractivity contribution in [2.45, 2.75) is 12.1 Å². The predicted molar refractivity (Wildman–Crippen MR) is 118 cm³/mol. The minimum Gasteiger partial charge on any atom is -0.479 e. The van der Waals surface area contributed by atoms with Gasteiger partial charge in [-0.05, 0) is 23.3 Å². The van der Waals surface area contributed by atoms with Crippen LogP contribution in [0, 0.1) is 11.3 Å². The molecular weight excluding hydrogens is 442 g/mol. The van der Waals surface area contributed by atoms with Crippen LogP contribution >= 0.6 is 0 Å². The van der Waals surface area contributed by atoms with Crippen LogP contribution in [0.1, 0.15) is 43.7 Å². The van der Waals surface area contributed by atoms with Gasteiger partial charge in [0.1, 0.15) is 5.56 Å². The summed E-state index contributed by atoms with van der Waals surface area (Å²) < 4.78 is 0. The SMILES string of the molecule is N#Cc1ccc(C(NC(=O)c2cnc(C(=O)NCC(O)C(=O)O)[nH]c2=O)c2ccccc2)cc1. The minimum absolute atomic E-state index is 0.350. The molecule has 0 saturated carbocycles. The fraction of sp³-hybridized carbons (Fsp3) is 0.130. The van der Waals surface area contributed by atoms with Crippen LogP contribution < -0.4 is 16.2 Å². The number of carbonyl (C=O) groups is 3. The van der Waals surface area contributed by atoms with Crippen LogP contribution in [0.3, 0.4) is 0 Å². The molecule has 0 spiro atoms. The molecule has 0 fully saturated rings. The van der Waals surface area contributed by atoms with Crippen molar-refractivity contribution in [2.24, 2.45) is 0 Å². The monoisotopic (exact) mass is 461 g/mol. The number of hydrogen-bond acceptors (Lipinski definition) is 7. The summed E-state index contributed by atoms with van der Waals surface area (Å²) in [5.74, 6) is -3.65. The Hall–Kier alpha value is -4.82. The normalized spacial score (nSPS) is 12.1. The van der Waals surface area contributed by atoms with Crippen LogP contribution in [0.2, 0.25) is 0 Å². The van der Waals surface area contributed by atoms with Crippen LogP contribution in [-0.2, 0) is 4.79 Å². The van der Waals surface area contributed by atoms with Gasteiger partial charge in [0.2, 0.25) is 0 Å². The highest BCUT2D eigenvalue weighted by molar-refractivity contribution is 5.95. The molecule has 2 unspecified atom stereocenters. The van der Waals surface area contributed by atoms with E-state index in [0.717, 1.165) is 11.8 Å². The Morgan fingerprint density at radius 1 is 1.03 bits per heavy atom. The number of hydrogen-bond donors (Lipinski definition) is 5. The second-order valence-electron chi connectivity index (χ2n) is 7.09. The van der Waals surface area contributed by atoms with Gasteiger partial charge in [0.25, 0.3) is 17.4 Å². The van der Waals surface area contributed by atoms with Crippen molar-refractivity contribution >= 4 is 17.8 Å². The maximum atomic E-state index is 12.9. The Balaban J connectivity index is 1.81. The van der Waals surface area contributed by atoms with Crippen molar-refractivity contribution in [1.29, 1.82) is 5.26 Å². The highest BCUT2D eigenvalue weighted by atomic mass is 16.4. The summed E-state index contributed by atoms with van der Waals surface area (Å²) in [4.78, 5) is 53.9. The molecule has 0 aliphatic carbocycles. The minimum atomic E-state index is -1.82. The number of benzene rings is 2. The summed E-state index contributed by atoms with van der Waals surface area (Å²) in [6.45, 7) is -0.594. The number of carboxylic acid groups (broad SMARTS) is 1. The highest BCUT2D eigenvalue weighted by Gasteiger charge is 2.22.